The van der Waals surface area contributed by atoms with Gasteiger partial charge in [-0.2, -0.15) is 0 Å². The first-order valence-corrected chi connectivity index (χ1v) is 8.58. The van der Waals surface area contributed by atoms with Crippen LogP contribution in [0.25, 0.3) is 0 Å². The third-order valence-corrected chi connectivity index (χ3v) is 4.23. The van der Waals surface area contributed by atoms with E-state index in [4.69, 9.17) is 0 Å². The summed E-state index contributed by atoms with van der Waals surface area (Å²) in [4.78, 5) is 29.2. The third kappa shape index (κ3) is 6.11. The second kappa shape index (κ2) is 9.53. The van der Waals surface area contributed by atoms with Crippen molar-refractivity contribution in [2.45, 2.75) is 53.1 Å². The van der Waals surface area contributed by atoms with Crippen LogP contribution in [0.15, 0.2) is 5.38 Å². The number of amides is 2. The molecule has 0 bridgehead atoms. The fourth-order valence-electron chi connectivity index (χ4n) is 1.86. The SMILES string of the molecule is CCC(C)NC(=O)CCNCc1csc(N(CC)C(C)=O)n1. The van der Waals surface area contributed by atoms with Gasteiger partial charge in [0.2, 0.25) is 11.8 Å². The molecule has 0 aliphatic rings. The van der Waals surface area contributed by atoms with Gasteiger partial charge in [-0.05, 0) is 20.3 Å². The number of aromatic nitrogens is 1. The van der Waals surface area contributed by atoms with Crippen LogP contribution in [0, 0.1) is 0 Å². The molecule has 7 heteroatoms. The van der Waals surface area contributed by atoms with Crippen molar-refractivity contribution in [3.8, 4) is 0 Å². The van der Waals surface area contributed by atoms with Crippen molar-refractivity contribution in [2.75, 3.05) is 18.0 Å². The van der Waals surface area contributed by atoms with E-state index in [-0.39, 0.29) is 17.9 Å². The minimum absolute atomic E-state index is 0.00178. The Labute approximate surface area is 136 Å². The van der Waals surface area contributed by atoms with Crippen LogP contribution in [0.2, 0.25) is 0 Å². The number of carbonyl (C=O) groups is 2. The minimum Gasteiger partial charge on any atom is -0.354 e. The summed E-state index contributed by atoms with van der Waals surface area (Å²) < 4.78 is 0. The Morgan fingerprint density at radius 3 is 2.73 bits per heavy atom. The molecular weight excluding hydrogens is 300 g/mol. The van der Waals surface area contributed by atoms with Gasteiger partial charge in [0, 0.05) is 44.4 Å². The van der Waals surface area contributed by atoms with Crippen LogP contribution in [-0.4, -0.2) is 35.9 Å². The van der Waals surface area contributed by atoms with Crippen molar-refractivity contribution in [1.82, 2.24) is 15.6 Å². The quantitative estimate of drug-likeness (QED) is 0.680. The van der Waals surface area contributed by atoms with Crippen LogP contribution in [-0.2, 0) is 16.1 Å². The van der Waals surface area contributed by atoms with Crippen molar-refractivity contribution in [1.29, 1.82) is 0 Å². The number of hydrogen-bond acceptors (Lipinski definition) is 5. The van der Waals surface area contributed by atoms with Gasteiger partial charge in [0.05, 0.1) is 5.69 Å². The maximum Gasteiger partial charge on any atom is 0.225 e. The molecule has 22 heavy (non-hydrogen) atoms. The predicted octanol–water partition coefficient (Wildman–Crippen LogP) is 1.91. The molecule has 1 aromatic rings. The number of thiazole rings is 1. The average molecular weight is 326 g/mol. The molecular formula is C15H26N4O2S. The first-order chi connectivity index (χ1) is 10.5. The van der Waals surface area contributed by atoms with Crippen LogP contribution >= 0.6 is 11.3 Å². The Bertz CT molecular complexity index is 490. The van der Waals surface area contributed by atoms with E-state index in [1.807, 2.05) is 26.2 Å². The minimum atomic E-state index is -0.00178. The number of hydrogen-bond donors (Lipinski definition) is 2. The molecule has 1 rings (SSSR count). The van der Waals surface area contributed by atoms with Crippen molar-refractivity contribution in [2.24, 2.45) is 0 Å². The second-order valence-corrected chi connectivity index (χ2v) is 6.02. The molecule has 0 aliphatic heterocycles. The summed E-state index contributed by atoms with van der Waals surface area (Å²) >= 11 is 1.46. The second-order valence-electron chi connectivity index (χ2n) is 5.19. The smallest absolute Gasteiger partial charge is 0.225 e. The normalized spacial score (nSPS) is 12.0. The molecule has 6 nitrogen and oxygen atoms in total. The monoisotopic (exact) mass is 326 g/mol. The molecule has 0 spiro atoms. The first-order valence-electron chi connectivity index (χ1n) is 7.70. The topological polar surface area (TPSA) is 74.3 Å². The summed E-state index contributed by atoms with van der Waals surface area (Å²) in [6, 6.07) is 0.222. The molecule has 1 aromatic heterocycles. The van der Waals surface area contributed by atoms with E-state index < -0.39 is 0 Å². The summed E-state index contributed by atoms with van der Waals surface area (Å²) in [5, 5.41) is 8.80. The molecule has 0 aromatic carbocycles. The van der Waals surface area contributed by atoms with Crippen molar-refractivity contribution in [3.63, 3.8) is 0 Å². The summed E-state index contributed by atoms with van der Waals surface area (Å²) in [6.07, 6.45) is 1.39. The first kappa shape index (κ1) is 18.6. The summed E-state index contributed by atoms with van der Waals surface area (Å²) in [6.45, 7) is 9.34. The zero-order valence-corrected chi connectivity index (χ0v) is 14.6. The van der Waals surface area contributed by atoms with Gasteiger partial charge in [-0.25, -0.2) is 4.98 Å². The lowest BCUT2D eigenvalue weighted by Gasteiger charge is -2.14. The van der Waals surface area contributed by atoms with Gasteiger partial charge in [-0.15, -0.1) is 11.3 Å². The van der Waals surface area contributed by atoms with Gasteiger partial charge < -0.3 is 10.6 Å². The highest BCUT2D eigenvalue weighted by Gasteiger charge is 2.13. The van der Waals surface area contributed by atoms with Crippen molar-refractivity contribution >= 4 is 28.3 Å². The Morgan fingerprint density at radius 2 is 2.14 bits per heavy atom. The predicted molar refractivity (Wildman–Crippen MR) is 90.0 cm³/mol. The van der Waals surface area contributed by atoms with Gasteiger partial charge in [-0.3, -0.25) is 14.5 Å². The van der Waals surface area contributed by atoms with E-state index in [9.17, 15) is 9.59 Å². The number of carbonyl (C=O) groups excluding carboxylic acids is 2. The molecule has 124 valence electrons. The Hall–Kier alpha value is -1.47. The Kier molecular flexibility index (Phi) is 8.05. The van der Waals surface area contributed by atoms with Crippen molar-refractivity contribution in [3.05, 3.63) is 11.1 Å². The van der Waals surface area contributed by atoms with Crippen LogP contribution in [0.5, 0.6) is 0 Å². The molecule has 0 saturated heterocycles. The maximum absolute atomic E-state index is 11.6. The molecule has 0 radical (unpaired) electrons. The molecule has 1 atom stereocenters. The maximum atomic E-state index is 11.6. The summed E-state index contributed by atoms with van der Waals surface area (Å²) in [5.74, 6) is 0.0626. The number of anilines is 1. The van der Waals surface area contributed by atoms with Gasteiger partial charge >= 0.3 is 0 Å². The number of nitrogens with zero attached hydrogens (tertiary/aromatic N) is 2. The van der Waals surface area contributed by atoms with E-state index in [1.54, 1.807) is 11.8 Å². The van der Waals surface area contributed by atoms with Gasteiger partial charge in [0.25, 0.3) is 0 Å². The lowest BCUT2D eigenvalue weighted by molar-refractivity contribution is -0.121. The lowest BCUT2D eigenvalue weighted by Crippen LogP contribution is -2.33. The molecule has 2 amide bonds. The third-order valence-electron chi connectivity index (χ3n) is 3.32. The number of nitrogens with one attached hydrogen (secondary N) is 2. The highest BCUT2D eigenvalue weighted by atomic mass is 32.1. The average Bonchev–Trinajstić information content (AvgIpc) is 2.92. The zero-order chi connectivity index (χ0) is 16.5. The van der Waals surface area contributed by atoms with Gasteiger partial charge in [-0.1, -0.05) is 6.92 Å². The van der Waals surface area contributed by atoms with Gasteiger partial charge in [0.15, 0.2) is 5.13 Å². The highest BCUT2D eigenvalue weighted by Crippen LogP contribution is 2.20. The molecule has 0 saturated carbocycles. The highest BCUT2D eigenvalue weighted by molar-refractivity contribution is 7.14. The van der Waals surface area contributed by atoms with E-state index in [1.165, 1.54) is 11.3 Å². The fourth-order valence-corrected chi connectivity index (χ4v) is 2.79. The van der Waals surface area contributed by atoms with Crippen LogP contribution in [0.1, 0.15) is 46.2 Å². The van der Waals surface area contributed by atoms with Crippen LogP contribution in [0.3, 0.4) is 0 Å². The van der Waals surface area contributed by atoms with Crippen LogP contribution in [0.4, 0.5) is 5.13 Å². The van der Waals surface area contributed by atoms with E-state index in [0.29, 0.717) is 26.1 Å². The zero-order valence-electron chi connectivity index (χ0n) is 13.8. The standard InChI is InChI=1S/C15H26N4O2S/c1-5-11(3)17-14(21)7-8-16-9-13-10-22-15(18-13)19(6-2)12(4)20/h10-11,16H,5-9H2,1-4H3,(H,17,21). The van der Waals surface area contributed by atoms with Gasteiger partial charge in [0.1, 0.15) is 0 Å². The Balaban J connectivity index is 2.33. The fraction of sp³-hybridized carbons (Fsp3) is 0.667. The summed E-state index contributed by atoms with van der Waals surface area (Å²) in [5.41, 5.74) is 0.891. The van der Waals surface area contributed by atoms with Crippen LogP contribution < -0.4 is 15.5 Å². The van der Waals surface area contributed by atoms with E-state index >= 15 is 0 Å². The summed E-state index contributed by atoms with van der Waals surface area (Å²) in [7, 11) is 0. The largest absolute Gasteiger partial charge is 0.354 e. The van der Waals surface area contributed by atoms with Crippen molar-refractivity contribution < 1.29 is 9.59 Å². The van der Waals surface area contributed by atoms with E-state index in [0.717, 1.165) is 17.2 Å². The molecule has 2 N–H and O–H groups in total. The van der Waals surface area contributed by atoms with E-state index in [2.05, 4.69) is 15.6 Å². The molecule has 1 unspecified atom stereocenters. The Morgan fingerprint density at radius 1 is 1.41 bits per heavy atom. The molecule has 1 heterocycles. The molecule has 0 fully saturated rings. The molecule has 0 aliphatic carbocycles. The lowest BCUT2D eigenvalue weighted by atomic mass is 10.2. The number of rotatable bonds is 9.